The van der Waals surface area contributed by atoms with E-state index in [2.05, 4.69) is 0 Å². The van der Waals surface area contributed by atoms with Crippen LogP contribution in [-0.4, -0.2) is 33.0 Å². The molecule has 1 aliphatic rings. The van der Waals surface area contributed by atoms with E-state index in [0.29, 0.717) is 20.8 Å². The number of carbonyl (C=O) groups is 1. The molecule has 158 valence electrons. The van der Waals surface area contributed by atoms with Crippen LogP contribution in [0.3, 0.4) is 0 Å². The summed E-state index contributed by atoms with van der Waals surface area (Å²) < 4.78 is 3.06. The van der Waals surface area contributed by atoms with Crippen molar-refractivity contribution >= 4 is 39.1 Å². The number of benzene rings is 1. The van der Waals surface area contributed by atoms with Gasteiger partial charge >= 0.3 is 5.69 Å². The Hall–Kier alpha value is -2.38. The maximum Gasteiger partial charge on any atom is 0.332 e. The normalized spacial score (nSPS) is 14.9. The first-order chi connectivity index (χ1) is 14.5. The molecule has 4 rings (SSSR count). The predicted octanol–water partition coefficient (Wildman–Crippen LogP) is 3.72. The summed E-state index contributed by atoms with van der Waals surface area (Å²) in [5.41, 5.74) is 0.354. The molecule has 3 aromatic rings. The van der Waals surface area contributed by atoms with Gasteiger partial charge in [0.05, 0.1) is 12.1 Å². The number of nitrogens with zero attached hydrogens (tertiary/aromatic N) is 3. The Morgan fingerprint density at radius 3 is 2.60 bits per heavy atom. The second-order valence-electron chi connectivity index (χ2n) is 7.78. The van der Waals surface area contributed by atoms with Crippen LogP contribution in [0.1, 0.15) is 37.7 Å². The molecule has 0 aliphatic heterocycles. The number of fused-ring (bicyclic) bond motifs is 1. The van der Waals surface area contributed by atoms with Gasteiger partial charge in [-0.25, -0.2) is 4.79 Å². The van der Waals surface area contributed by atoms with E-state index >= 15 is 0 Å². The number of aromatic nitrogens is 2. The Balaban J connectivity index is 1.72. The van der Waals surface area contributed by atoms with E-state index in [1.54, 1.807) is 34.5 Å². The molecule has 1 aliphatic carbocycles. The van der Waals surface area contributed by atoms with Crippen molar-refractivity contribution < 1.29 is 4.79 Å². The lowest BCUT2D eigenvalue weighted by molar-refractivity contribution is -0.133. The minimum Gasteiger partial charge on any atom is -0.341 e. The van der Waals surface area contributed by atoms with Crippen molar-refractivity contribution in [2.24, 2.45) is 0 Å². The van der Waals surface area contributed by atoms with Crippen molar-refractivity contribution in [3.8, 4) is 0 Å². The van der Waals surface area contributed by atoms with E-state index in [4.69, 9.17) is 11.6 Å². The maximum absolute atomic E-state index is 13.3. The molecule has 1 aromatic carbocycles. The van der Waals surface area contributed by atoms with E-state index in [1.165, 1.54) is 26.9 Å². The minimum absolute atomic E-state index is 0.0673. The molecule has 8 heteroatoms. The average molecular weight is 446 g/mol. The molecular weight excluding hydrogens is 422 g/mol. The summed E-state index contributed by atoms with van der Waals surface area (Å²) in [6.45, 7) is -0.0142. The van der Waals surface area contributed by atoms with Crippen molar-refractivity contribution in [1.29, 1.82) is 0 Å². The van der Waals surface area contributed by atoms with Crippen LogP contribution in [0.4, 0.5) is 0 Å². The van der Waals surface area contributed by atoms with Gasteiger partial charge in [-0.2, -0.15) is 0 Å². The van der Waals surface area contributed by atoms with Gasteiger partial charge in [-0.3, -0.25) is 18.7 Å². The molecule has 1 saturated carbocycles. The molecule has 0 N–H and O–H groups in total. The van der Waals surface area contributed by atoms with Gasteiger partial charge in [0.1, 0.15) is 11.2 Å². The highest BCUT2D eigenvalue weighted by Crippen LogP contribution is 2.22. The van der Waals surface area contributed by atoms with Crippen LogP contribution in [0.5, 0.6) is 0 Å². The zero-order chi connectivity index (χ0) is 21.3. The van der Waals surface area contributed by atoms with Crippen LogP contribution in [0.15, 0.2) is 45.3 Å². The molecule has 1 fully saturated rings. The average Bonchev–Trinajstić information content (AvgIpc) is 3.25. The molecule has 0 saturated heterocycles. The lowest BCUT2D eigenvalue weighted by atomic mass is 9.94. The van der Waals surface area contributed by atoms with Crippen LogP contribution >= 0.6 is 22.9 Å². The van der Waals surface area contributed by atoms with Crippen LogP contribution < -0.4 is 11.2 Å². The predicted molar refractivity (Wildman–Crippen MR) is 121 cm³/mol. The first-order valence-corrected chi connectivity index (χ1v) is 11.4. The summed E-state index contributed by atoms with van der Waals surface area (Å²) >= 11 is 7.52. The third-order valence-electron chi connectivity index (χ3n) is 5.93. The van der Waals surface area contributed by atoms with E-state index < -0.39 is 5.69 Å². The third kappa shape index (κ3) is 3.96. The Morgan fingerprint density at radius 2 is 1.87 bits per heavy atom. The van der Waals surface area contributed by atoms with Crippen LogP contribution in [0, 0.1) is 0 Å². The zero-order valence-electron chi connectivity index (χ0n) is 16.8. The maximum atomic E-state index is 13.3. The van der Waals surface area contributed by atoms with Crippen molar-refractivity contribution in [3.05, 3.63) is 67.1 Å². The Bertz CT molecular complexity index is 1190. The van der Waals surface area contributed by atoms with Gasteiger partial charge in [-0.15, -0.1) is 11.3 Å². The van der Waals surface area contributed by atoms with Gasteiger partial charge in [-0.1, -0.05) is 49.1 Å². The minimum atomic E-state index is -0.490. The molecule has 30 heavy (non-hydrogen) atoms. The Kier molecular flexibility index (Phi) is 6.11. The number of halogens is 1. The Labute approximate surface area is 183 Å². The summed E-state index contributed by atoms with van der Waals surface area (Å²) in [5.74, 6) is -0.112. The first kappa shape index (κ1) is 20.9. The largest absolute Gasteiger partial charge is 0.341 e. The summed E-state index contributed by atoms with van der Waals surface area (Å²) in [7, 11) is 1.81. The third-order valence-corrected chi connectivity index (χ3v) is 7.19. The fourth-order valence-corrected chi connectivity index (χ4v) is 5.18. The zero-order valence-corrected chi connectivity index (χ0v) is 18.4. The molecule has 2 heterocycles. The molecule has 0 atom stereocenters. The number of carbonyl (C=O) groups excluding carboxylic acids is 1. The Morgan fingerprint density at radius 1 is 1.13 bits per heavy atom. The molecule has 0 bridgehead atoms. The van der Waals surface area contributed by atoms with Gasteiger partial charge in [-0.05, 0) is 35.9 Å². The summed E-state index contributed by atoms with van der Waals surface area (Å²) in [5, 5.41) is 2.27. The number of likely N-dealkylation sites (N-methyl/N-ethyl adjacent to an activating group) is 1. The fourth-order valence-electron chi connectivity index (χ4n) is 4.14. The molecule has 1 amide bonds. The molecule has 0 radical (unpaired) electrons. The first-order valence-electron chi connectivity index (χ1n) is 10.2. The molecule has 2 aromatic heterocycles. The van der Waals surface area contributed by atoms with E-state index in [9.17, 15) is 14.4 Å². The molecule has 6 nitrogen and oxygen atoms in total. The lowest BCUT2D eigenvalue weighted by Gasteiger charge is -2.31. The van der Waals surface area contributed by atoms with Gasteiger partial charge < -0.3 is 4.90 Å². The monoisotopic (exact) mass is 445 g/mol. The quantitative estimate of drug-likeness (QED) is 0.601. The number of hydrogen-bond donors (Lipinski definition) is 0. The van der Waals surface area contributed by atoms with Crippen LogP contribution in [-0.2, 0) is 17.9 Å². The molecule has 0 unspecified atom stereocenters. The van der Waals surface area contributed by atoms with Crippen LogP contribution in [0.2, 0.25) is 5.02 Å². The SMILES string of the molecule is CN(C(=O)Cn1c(=O)n(Cc2ccccc2Cl)c(=O)c2sccc21)C1CCCCC1. The molecular formula is C22H24ClN3O3S. The number of rotatable bonds is 5. The topological polar surface area (TPSA) is 64.3 Å². The van der Waals surface area contributed by atoms with Gasteiger partial charge in [0.2, 0.25) is 5.91 Å². The van der Waals surface area contributed by atoms with E-state index in [0.717, 1.165) is 25.7 Å². The van der Waals surface area contributed by atoms with E-state index in [-0.39, 0.29) is 30.6 Å². The highest BCUT2D eigenvalue weighted by Gasteiger charge is 2.24. The van der Waals surface area contributed by atoms with Gasteiger partial charge in [0, 0.05) is 18.1 Å². The van der Waals surface area contributed by atoms with Crippen molar-refractivity contribution in [3.63, 3.8) is 0 Å². The summed E-state index contributed by atoms with van der Waals surface area (Å²) in [6.07, 6.45) is 5.45. The highest BCUT2D eigenvalue weighted by molar-refractivity contribution is 7.17. The smallest absolute Gasteiger partial charge is 0.332 e. The number of thiophene rings is 1. The van der Waals surface area contributed by atoms with E-state index in [1.807, 2.05) is 13.1 Å². The fraction of sp³-hybridized carbons (Fsp3) is 0.409. The second kappa shape index (κ2) is 8.78. The van der Waals surface area contributed by atoms with Gasteiger partial charge in [0.25, 0.3) is 5.56 Å². The van der Waals surface area contributed by atoms with Crippen molar-refractivity contribution in [2.75, 3.05) is 7.05 Å². The van der Waals surface area contributed by atoms with Crippen LogP contribution in [0.25, 0.3) is 10.2 Å². The summed E-state index contributed by atoms with van der Waals surface area (Å²) in [4.78, 5) is 41.0. The van der Waals surface area contributed by atoms with Gasteiger partial charge in [0.15, 0.2) is 0 Å². The second-order valence-corrected chi connectivity index (χ2v) is 9.11. The molecule has 0 spiro atoms. The lowest BCUT2D eigenvalue weighted by Crippen LogP contribution is -2.45. The van der Waals surface area contributed by atoms with Crippen molar-refractivity contribution in [2.45, 2.75) is 51.2 Å². The number of hydrogen-bond acceptors (Lipinski definition) is 4. The van der Waals surface area contributed by atoms with Crippen molar-refractivity contribution in [1.82, 2.24) is 14.0 Å². The standard InChI is InChI=1S/C22H24ClN3O3S/c1-24(16-8-3-2-4-9-16)19(27)14-25-18-11-12-30-20(18)21(28)26(22(25)29)13-15-7-5-6-10-17(15)23/h5-7,10-12,16H,2-4,8-9,13-14H2,1H3. The number of amides is 1. The summed E-state index contributed by atoms with van der Waals surface area (Å²) in [6, 6.07) is 9.09. The highest BCUT2D eigenvalue weighted by atomic mass is 35.5.